The standard InChI is InChI=1S/C14H23NO2/c1-5-17-14(16)6-11-12-7-15(4)8-13(11)10(3)9(12)2/h6,9-10,12-13H,5,7-8H2,1-4H3. The number of hydrogen-bond donors (Lipinski definition) is 0. The summed E-state index contributed by atoms with van der Waals surface area (Å²) < 4.78 is 5.04. The Morgan fingerprint density at radius 1 is 1.35 bits per heavy atom. The van der Waals surface area contributed by atoms with Gasteiger partial charge < -0.3 is 9.64 Å². The molecule has 96 valence electrons. The molecule has 2 rings (SSSR count). The Balaban J connectivity index is 2.21. The van der Waals surface area contributed by atoms with Crippen LogP contribution in [0.1, 0.15) is 20.8 Å². The summed E-state index contributed by atoms with van der Waals surface area (Å²) in [6, 6.07) is 0. The molecule has 2 aliphatic rings. The van der Waals surface area contributed by atoms with Crippen LogP contribution in [0.25, 0.3) is 0 Å². The van der Waals surface area contributed by atoms with Gasteiger partial charge in [0.2, 0.25) is 0 Å². The average Bonchev–Trinajstić information content (AvgIpc) is 2.42. The minimum atomic E-state index is -0.164. The van der Waals surface area contributed by atoms with Crippen molar-refractivity contribution in [2.24, 2.45) is 23.7 Å². The smallest absolute Gasteiger partial charge is 0.330 e. The number of likely N-dealkylation sites (tertiary alicyclic amines) is 1. The topological polar surface area (TPSA) is 29.5 Å². The van der Waals surface area contributed by atoms with Gasteiger partial charge in [-0.25, -0.2) is 4.79 Å². The molecule has 0 N–H and O–H groups in total. The van der Waals surface area contributed by atoms with Gasteiger partial charge in [-0.15, -0.1) is 0 Å². The fraction of sp³-hybridized carbons (Fsp3) is 0.786. The Morgan fingerprint density at radius 3 is 2.35 bits per heavy atom. The molecule has 4 unspecified atom stereocenters. The molecule has 0 aromatic carbocycles. The summed E-state index contributed by atoms with van der Waals surface area (Å²) in [5.41, 5.74) is 1.33. The second-order valence-electron chi connectivity index (χ2n) is 5.55. The Morgan fingerprint density at radius 2 is 1.88 bits per heavy atom. The van der Waals surface area contributed by atoms with E-state index in [0.29, 0.717) is 30.3 Å². The van der Waals surface area contributed by atoms with Crippen molar-refractivity contribution in [3.63, 3.8) is 0 Å². The predicted molar refractivity (Wildman–Crippen MR) is 67.5 cm³/mol. The van der Waals surface area contributed by atoms with Crippen LogP contribution in [0.4, 0.5) is 0 Å². The number of rotatable bonds is 2. The Labute approximate surface area is 104 Å². The number of nitrogens with zero attached hydrogens (tertiary/aromatic N) is 1. The van der Waals surface area contributed by atoms with Gasteiger partial charge in [-0.05, 0) is 37.6 Å². The molecular formula is C14H23NO2. The lowest BCUT2D eigenvalue weighted by Crippen LogP contribution is -2.36. The monoisotopic (exact) mass is 237 g/mol. The van der Waals surface area contributed by atoms with Crippen LogP contribution in [0, 0.1) is 23.7 Å². The summed E-state index contributed by atoms with van der Waals surface area (Å²) in [4.78, 5) is 14.0. The molecule has 3 nitrogen and oxygen atoms in total. The average molecular weight is 237 g/mol. The van der Waals surface area contributed by atoms with Gasteiger partial charge in [-0.2, -0.15) is 0 Å². The van der Waals surface area contributed by atoms with E-state index in [0.717, 1.165) is 13.1 Å². The van der Waals surface area contributed by atoms with Crippen LogP contribution >= 0.6 is 0 Å². The van der Waals surface area contributed by atoms with Crippen LogP contribution in [-0.4, -0.2) is 37.6 Å². The van der Waals surface area contributed by atoms with Crippen LogP contribution in [-0.2, 0) is 9.53 Å². The lowest BCUT2D eigenvalue weighted by Gasteiger charge is -2.32. The van der Waals surface area contributed by atoms with Gasteiger partial charge in [0, 0.05) is 19.2 Å². The lowest BCUT2D eigenvalue weighted by molar-refractivity contribution is -0.137. The fourth-order valence-corrected chi connectivity index (χ4v) is 3.44. The molecule has 1 saturated carbocycles. The molecule has 0 spiro atoms. The molecule has 17 heavy (non-hydrogen) atoms. The van der Waals surface area contributed by atoms with Crippen molar-refractivity contribution in [1.82, 2.24) is 4.90 Å². The molecule has 0 aromatic rings. The van der Waals surface area contributed by atoms with E-state index >= 15 is 0 Å². The highest BCUT2D eigenvalue weighted by Crippen LogP contribution is 2.48. The number of carbonyl (C=O) groups excluding carboxylic acids is 1. The van der Waals surface area contributed by atoms with Crippen LogP contribution in [0.5, 0.6) is 0 Å². The van der Waals surface area contributed by atoms with Gasteiger partial charge in [0.25, 0.3) is 0 Å². The number of esters is 1. The number of piperidine rings is 1. The maximum absolute atomic E-state index is 11.6. The SMILES string of the molecule is CCOC(=O)C=C1C2CN(C)CC1C(C)C2C. The van der Waals surface area contributed by atoms with E-state index in [1.165, 1.54) is 5.57 Å². The quantitative estimate of drug-likeness (QED) is 0.543. The van der Waals surface area contributed by atoms with E-state index in [-0.39, 0.29) is 5.97 Å². The maximum Gasteiger partial charge on any atom is 0.330 e. The number of carbonyl (C=O) groups is 1. The summed E-state index contributed by atoms with van der Waals surface area (Å²) in [7, 11) is 2.17. The van der Waals surface area contributed by atoms with E-state index in [9.17, 15) is 4.79 Å². The largest absolute Gasteiger partial charge is 0.463 e. The van der Waals surface area contributed by atoms with Crippen molar-refractivity contribution in [3.05, 3.63) is 11.6 Å². The molecule has 0 aromatic heterocycles. The minimum absolute atomic E-state index is 0.164. The minimum Gasteiger partial charge on any atom is -0.463 e. The number of ether oxygens (including phenoxy) is 1. The van der Waals surface area contributed by atoms with Crippen LogP contribution in [0.3, 0.4) is 0 Å². The van der Waals surface area contributed by atoms with E-state index in [1.807, 2.05) is 6.92 Å². The summed E-state index contributed by atoms with van der Waals surface area (Å²) in [6.45, 7) is 9.09. The van der Waals surface area contributed by atoms with Crippen molar-refractivity contribution in [2.75, 3.05) is 26.7 Å². The fourth-order valence-electron chi connectivity index (χ4n) is 3.44. The zero-order chi connectivity index (χ0) is 12.6. The molecule has 1 saturated heterocycles. The van der Waals surface area contributed by atoms with Gasteiger partial charge in [-0.3, -0.25) is 0 Å². The normalized spacial score (nSPS) is 37.1. The zero-order valence-electron chi connectivity index (χ0n) is 11.3. The third-order valence-electron chi connectivity index (χ3n) is 4.54. The predicted octanol–water partition coefficient (Wildman–Crippen LogP) is 1.94. The molecule has 0 amide bonds. The van der Waals surface area contributed by atoms with Gasteiger partial charge in [0.15, 0.2) is 0 Å². The van der Waals surface area contributed by atoms with Gasteiger partial charge in [0.05, 0.1) is 6.61 Å². The number of hydrogen-bond acceptors (Lipinski definition) is 3. The Bertz CT molecular complexity index is 317. The van der Waals surface area contributed by atoms with Crippen molar-refractivity contribution in [3.8, 4) is 0 Å². The summed E-state index contributed by atoms with van der Waals surface area (Å²) >= 11 is 0. The molecule has 2 fully saturated rings. The molecule has 1 aliphatic carbocycles. The number of fused-ring (bicyclic) bond motifs is 2. The first-order chi connectivity index (χ1) is 8.04. The third kappa shape index (κ3) is 2.25. The second kappa shape index (κ2) is 4.81. The van der Waals surface area contributed by atoms with Crippen LogP contribution in [0.2, 0.25) is 0 Å². The molecule has 1 aliphatic heterocycles. The van der Waals surface area contributed by atoms with E-state index in [2.05, 4.69) is 25.8 Å². The van der Waals surface area contributed by atoms with Gasteiger partial charge in [-0.1, -0.05) is 19.4 Å². The van der Waals surface area contributed by atoms with Crippen molar-refractivity contribution in [2.45, 2.75) is 20.8 Å². The molecule has 2 bridgehead atoms. The highest BCUT2D eigenvalue weighted by molar-refractivity contribution is 5.83. The van der Waals surface area contributed by atoms with Crippen molar-refractivity contribution < 1.29 is 9.53 Å². The zero-order valence-corrected chi connectivity index (χ0v) is 11.3. The highest BCUT2D eigenvalue weighted by Gasteiger charge is 2.46. The summed E-state index contributed by atoms with van der Waals surface area (Å²) in [5, 5.41) is 0. The highest BCUT2D eigenvalue weighted by atomic mass is 16.5. The molecular weight excluding hydrogens is 214 g/mol. The summed E-state index contributed by atoms with van der Waals surface area (Å²) in [5.74, 6) is 2.26. The van der Waals surface area contributed by atoms with E-state index in [1.54, 1.807) is 6.08 Å². The maximum atomic E-state index is 11.6. The molecule has 0 radical (unpaired) electrons. The van der Waals surface area contributed by atoms with E-state index in [4.69, 9.17) is 4.74 Å². The van der Waals surface area contributed by atoms with Gasteiger partial charge in [0.1, 0.15) is 0 Å². The van der Waals surface area contributed by atoms with Crippen molar-refractivity contribution >= 4 is 5.97 Å². The first-order valence-corrected chi connectivity index (χ1v) is 6.61. The lowest BCUT2D eigenvalue weighted by atomic mass is 9.89. The summed E-state index contributed by atoms with van der Waals surface area (Å²) in [6.07, 6.45) is 1.77. The Hall–Kier alpha value is -0.830. The van der Waals surface area contributed by atoms with E-state index < -0.39 is 0 Å². The van der Waals surface area contributed by atoms with Crippen molar-refractivity contribution in [1.29, 1.82) is 0 Å². The van der Waals surface area contributed by atoms with Gasteiger partial charge >= 0.3 is 5.97 Å². The molecule has 4 atom stereocenters. The van der Waals surface area contributed by atoms with Crippen LogP contribution < -0.4 is 0 Å². The third-order valence-corrected chi connectivity index (χ3v) is 4.54. The molecule has 3 heteroatoms. The first kappa shape index (κ1) is 12.6. The first-order valence-electron chi connectivity index (χ1n) is 6.61. The Kier molecular flexibility index (Phi) is 3.57. The van der Waals surface area contributed by atoms with Crippen LogP contribution in [0.15, 0.2) is 11.6 Å². The second-order valence-corrected chi connectivity index (χ2v) is 5.55. The molecule has 1 heterocycles.